The highest BCUT2D eigenvalue weighted by Crippen LogP contribution is 2.18. The Kier molecular flexibility index (Phi) is 6.42. The summed E-state index contributed by atoms with van der Waals surface area (Å²) in [5, 5.41) is 7.52. The minimum Gasteiger partial charge on any atom is -0.350 e. The molecular weight excluding hydrogens is 382 g/mol. The van der Waals surface area contributed by atoms with Gasteiger partial charge in [0.25, 0.3) is 17.0 Å². The van der Waals surface area contributed by atoms with Crippen molar-refractivity contribution in [1.29, 1.82) is 0 Å². The number of carbonyl (C=O) groups excluding carboxylic acids is 1. The number of pyridine rings is 1. The van der Waals surface area contributed by atoms with Gasteiger partial charge >= 0.3 is 0 Å². The Labute approximate surface area is 175 Å². The van der Waals surface area contributed by atoms with Gasteiger partial charge < -0.3 is 10.3 Å². The highest BCUT2D eigenvalue weighted by atomic mass is 16.2. The number of hydrogen-bond acceptors (Lipinski definition) is 5. The predicted molar refractivity (Wildman–Crippen MR) is 114 cm³/mol. The van der Waals surface area contributed by atoms with Gasteiger partial charge in [-0.1, -0.05) is 6.42 Å². The average molecular weight is 412 g/mol. The van der Waals surface area contributed by atoms with Crippen molar-refractivity contribution in [2.75, 3.05) is 19.6 Å². The molecular formula is C22H29N5O3. The van der Waals surface area contributed by atoms with E-state index in [9.17, 15) is 14.4 Å². The average Bonchev–Trinajstić information content (AvgIpc) is 2.77. The fourth-order valence-corrected chi connectivity index (χ4v) is 4.48. The van der Waals surface area contributed by atoms with Crippen LogP contribution in [-0.2, 0) is 19.4 Å². The topological polar surface area (TPSA) is 100 Å². The molecule has 2 aliphatic rings. The van der Waals surface area contributed by atoms with E-state index in [-0.39, 0.29) is 28.6 Å². The molecule has 8 nitrogen and oxygen atoms in total. The molecule has 0 aromatic carbocycles. The number of nitrogens with one attached hydrogen (secondary N) is 2. The molecule has 1 aliphatic carbocycles. The van der Waals surface area contributed by atoms with Crippen molar-refractivity contribution in [3.05, 3.63) is 61.9 Å². The van der Waals surface area contributed by atoms with Crippen LogP contribution in [-0.4, -0.2) is 51.2 Å². The summed E-state index contributed by atoms with van der Waals surface area (Å²) in [5.74, 6) is -0.352. The van der Waals surface area contributed by atoms with Crippen molar-refractivity contribution in [1.82, 2.24) is 25.0 Å². The standard InChI is InChI=1S/C22H29N5O3/c28-20-14-16-6-1-2-9-19(16)25-27(20)13-12-26-11-4-3-7-17(26)15-24-22(30)18-8-5-10-23-21(18)29/h5,8,10,14,17H,1-4,6-7,9,11-13,15H2,(H,23,29)(H,24,30). The number of hydrogen-bond donors (Lipinski definition) is 2. The molecule has 1 aliphatic heterocycles. The number of likely N-dealkylation sites (tertiary alicyclic amines) is 1. The quantitative estimate of drug-likeness (QED) is 0.741. The molecule has 0 spiro atoms. The molecule has 2 aromatic heterocycles. The Bertz CT molecular complexity index is 1010. The van der Waals surface area contributed by atoms with Crippen molar-refractivity contribution >= 4 is 5.91 Å². The molecule has 0 bridgehead atoms. The Hall–Kier alpha value is -2.74. The van der Waals surface area contributed by atoms with Gasteiger partial charge in [-0.25, -0.2) is 4.68 Å². The zero-order valence-electron chi connectivity index (χ0n) is 17.2. The summed E-state index contributed by atoms with van der Waals surface area (Å²) >= 11 is 0. The molecule has 1 saturated heterocycles. The van der Waals surface area contributed by atoms with E-state index in [0.717, 1.165) is 69.3 Å². The molecule has 1 amide bonds. The summed E-state index contributed by atoms with van der Waals surface area (Å²) in [7, 11) is 0. The summed E-state index contributed by atoms with van der Waals surface area (Å²) in [6, 6.07) is 5.12. The van der Waals surface area contributed by atoms with E-state index in [1.54, 1.807) is 16.8 Å². The number of amides is 1. The zero-order valence-corrected chi connectivity index (χ0v) is 17.2. The first-order chi connectivity index (χ1) is 14.6. The number of piperidine rings is 1. The molecule has 30 heavy (non-hydrogen) atoms. The van der Waals surface area contributed by atoms with E-state index in [4.69, 9.17) is 0 Å². The molecule has 2 N–H and O–H groups in total. The minimum absolute atomic E-state index is 0.0270. The van der Waals surface area contributed by atoms with Gasteiger partial charge in [0.2, 0.25) is 0 Å². The summed E-state index contributed by atoms with van der Waals surface area (Å²) in [4.78, 5) is 41.5. The van der Waals surface area contributed by atoms with E-state index in [1.165, 1.54) is 12.3 Å². The van der Waals surface area contributed by atoms with E-state index in [2.05, 4.69) is 20.3 Å². The van der Waals surface area contributed by atoms with Gasteiger partial charge in [-0.15, -0.1) is 0 Å². The maximum Gasteiger partial charge on any atom is 0.267 e. The number of fused-ring (bicyclic) bond motifs is 1. The van der Waals surface area contributed by atoms with Crippen LogP contribution in [0.25, 0.3) is 0 Å². The maximum atomic E-state index is 12.4. The molecule has 8 heteroatoms. The van der Waals surface area contributed by atoms with Gasteiger partial charge in [-0.3, -0.25) is 19.3 Å². The number of rotatable bonds is 6. The minimum atomic E-state index is -0.381. The molecule has 1 unspecified atom stereocenters. The molecule has 1 atom stereocenters. The van der Waals surface area contributed by atoms with Crippen LogP contribution in [0.3, 0.4) is 0 Å². The number of aromatic amines is 1. The third kappa shape index (κ3) is 4.70. The van der Waals surface area contributed by atoms with Crippen LogP contribution in [0.4, 0.5) is 0 Å². The number of carbonyl (C=O) groups is 1. The normalized spacial score (nSPS) is 19.3. The first kappa shape index (κ1) is 20.5. The smallest absolute Gasteiger partial charge is 0.267 e. The Morgan fingerprint density at radius 2 is 2.03 bits per heavy atom. The third-order valence-electron chi connectivity index (χ3n) is 6.18. The second kappa shape index (κ2) is 9.38. The van der Waals surface area contributed by atoms with Crippen LogP contribution in [0.15, 0.2) is 34.0 Å². The van der Waals surface area contributed by atoms with Crippen LogP contribution in [0, 0.1) is 0 Å². The van der Waals surface area contributed by atoms with Gasteiger partial charge in [0.15, 0.2) is 0 Å². The van der Waals surface area contributed by atoms with Gasteiger partial charge in [-0.2, -0.15) is 5.10 Å². The summed E-state index contributed by atoms with van der Waals surface area (Å²) in [6.45, 7) is 2.69. The van der Waals surface area contributed by atoms with Crippen LogP contribution in [0.1, 0.15) is 53.7 Å². The van der Waals surface area contributed by atoms with Crippen molar-refractivity contribution in [2.24, 2.45) is 0 Å². The van der Waals surface area contributed by atoms with Crippen LogP contribution >= 0.6 is 0 Å². The SMILES string of the molecule is O=C(NCC1CCCCN1CCn1nc2c(cc1=O)CCCC2)c1ccc[nH]c1=O. The van der Waals surface area contributed by atoms with Crippen LogP contribution < -0.4 is 16.4 Å². The maximum absolute atomic E-state index is 12.4. The molecule has 2 aromatic rings. The van der Waals surface area contributed by atoms with Crippen molar-refractivity contribution in [3.8, 4) is 0 Å². The predicted octanol–water partition coefficient (Wildman–Crippen LogP) is 1.09. The first-order valence-corrected chi connectivity index (χ1v) is 10.9. The lowest BCUT2D eigenvalue weighted by molar-refractivity contribution is 0.0907. The number of aryl methyl sites for hydroxylation is 2. The number of nitrogens with zero attached hydrogens (tertiary/aromatic N) is 3. The van der Waals surface area contributed by atoms with E-state index < -0.39 is 0 Å². The highest BCUT2D eigenvalue weighted by Gasteiger charge is 2.23. The van der Waals surface area contributed by atoms with Crippen molar-refractivity contribution in [3.63, 3.8) is 0 Å². The van der Waals surface area contributed by atoms with Gasteiger partial charge in [0.05, 0.1) is 12.2 Å². The molecule has 3 heterocycles. The van der Waals surface area contributed by atoms with Crippen LogP contribution in [0.2, 0.25) is 0 Å². The molecule has 4 rings (SSSR count). The second-order valence-electron chi connectivity index (χ2n) is 8.19. The van der Waals surface area contributed by atoms with Crippen molar-refractivity contribution in [2.45, 2.75) is 57.5 Å². The summed E-state index contributed by atoms with van der Waals surface area (Å²) < 4.78 is 1.60. The molecule has 1 fully saturated rings. The highest BCUT2D eigenvalue weighted by molar-refractivity contribution is 5.93. The van der Waals surface area contributed by atoms with Crippen molar-refractivity contribution < 1.29 is 4.79 Å². The van der Waals surface area contributed by atoms with Gasteiger partial charge in [0.1, 0.15) is 5.56 Å². The number of H-pyrrole nitrogens is 1. The van der Waals surface area contributed by atoms with Gasteiger partial charge in [0, 0.05) is 31.4 Å². The first-order valence-electron chi connectivity index (χ1n) is 10.9. The van der Waals surface area contributed by atoms with E-state index in [1.807, 2.05) is 0 Å². The van der Waals surface area contributed by atoms with E-state index in [0.29, 0.717) is 13.1 Å². The lowest BCUT2D eigenvalue weighted by atomic mass is 9.97. The number of aromatic nitrogens is 3. The summed E-state index contributed by atoms with van der Waals surface area (Å²) in [6.07, 6.45) is 8.89. The largest absolute Gasteiger partial charge is 0.350 e. The van der Waals surface area contributed by atoms with Gasteiger partial charge in [-0.05, 0) is 62.8 Å². The lowest BCUT2D eigenvalue weighted by Gasteiger charge is -2.35. The van der Waals surface area contributed by atoms with Crippen LogP contribution in [0.5, 0.6) is 0 Å². The Morgan fingerprint density at radius 3 is 2.90 bits per heavy atom. The fraction of sp³-hybridized carbons (Fsp3) is 0.545. The summed E-state index contributed by atoms with van der Waals surface area (Å²) in [5.41, 5.74) is 1.90. The Balaban J connectivity index is 1.37. The Morgan fingerprint density at radius 1 is 1.17 bits per heavy atom. The molecule has 0 saturated carbocycles. The molecule has 160 valence electrons. The monoisotopic (exact) mass is 411 g/mol. The lowest BCUT2D eigenvalue weighted by Crippen LogP contribution is -2.48. The molecule has 0 radical (unpaired) electrons. The zero-order chi connectivity index (χ0) is 20.9. The van der Waals surface area contributed by atoms with E-state index >= 15 is 0 Å². The fourth-order valence-electron chi connectivity index (χ4n) is 4.48. The second-order valence-corrected chi connectivity index (χ2v) is 8.19. The third-order valence-corrected chi connectivity index (χ3v) is 6.18.